The molecule has 19 heavy (non-hydrogen) atoms. The summed E-state index contributed by atoms with van der Waals surface area (Å²) in [4.78, 5) is 22.5. The van der Waals surface area contributed by atoms with Crippen LogP contribution >= 0.6 is 0 Å². The number of carboxylic acid groups (broad SMARTS) is 1. The number of amides is 1. The number of ether oxygens (including phenoxy) is 1. The third-order valence-corrected chi connectivity index (χ3v) is 3.24. The van der Waals surface area contributed by atoms with Gasteiger partial charge in [-0.3, -0.25) is 4.79 Å². The number of benzene rings is 1. The van der Waals surface area contributed by atoms with Gasteiger partial charge in [-0.25, -0.2) is 4.79 Å². The Kier molecular flexibility index (Phi) is 3.74. The number of hydrogen-bond acceptors (Lipinski definition) is 3. The second-order valence-electron chi connectivity index (χ2n) is 4.72. The van der Waals surface area contributed by atoms with Gasteiger partial charge in [-0.2, -0.15) is 0 Å². The molecule has 1 amide bonds. The van der Waals surface area contributed by atoms with Crippen LogP contribution in [0.2, 0.25) is 0 Å². The van der Waals surface area contributed by atoms with Crippen molar-refractivity contribution in [3.05, 3.63) is 29.8 Å². The molecule has 2 N–H and O–H groups in total. The fourth-order valence-electron chi connectivity index (χ4n) is 1.79. The van der Waals surface area contributed by atoms with E-state index >= 15 is 0 Å². The van der Waals surface area contributed by atoms with Gasteiger partial charge in [0.15, 0.2) is 6.61 Å². The first-order valence-electron chi connectivity index (χ1n) is 6.32. The van der Waals surface area contributed by atoms with Crippen molar-refractivity contribution in [2.24, 2.45) is 0 Å². The van der Waals surface area contributed by atoms with Gasteiger partial charge in [-0.1, -0.05) is 19.1 Å². The van der Waals surface area contributed by atoms with E-state index in [4.69, 9.17) is 9.84 Å². The highest BCUT2D eigenvalue weighted by Gasteiger charge is 2.51. The smallest absolute Gasteiger partial charge is 0.329 e. The van der Waals surface area contributed by atoms with Gasteiger partial charge in [0.2, 0.25) is 0 Å². The predicted octanol–water partition coefficient (Wildman–Crippen LogP) is 1.36. The summed E-state index contributed by atoms with van der Waals surface area (Å²) in [7, 11) is 0. The van der Waals surface area contributed by atoms with Gasteiger partial charge in [0.1, 0.15) is 11.3 Å². The highest BCUT2D eigenvalue weighted by molar-refractivity contribution is 5.90. The Labute approximate surface area is 111 Å². The molecule has 0 saturated heterocycles. The Balaban J connectivity index is 1.81. The van der Waals surface area contributed by atoms with Crippen LogP contribution in [0.15, 0.2) is 24.3 Å². The van der Waals surface area contributed by atoms with E-state index in [1.165, 1.54) is 5.56 Å². The fraction of sp³-hybridized carbons (Fsp3) is 0.429. The molecule has 0 radical (unpaired) electrons. The van der Waals surface area contributed by atoms with E-state index in [1.807, 2.05) is 12.1 Å². The maximum absolute atomic E-state index is 11.6. The van der Waals surface area contributed by atoms with Gasteiger partial charge in [0.05, 0.1) is 0 Å². The van der Waals surface area contributed by atoms with Gasteiger partial charge < -0.3 is 15.2 Å². The van der Waals surface area contributed by atoms with Crippen LogP contribution in [0.4, 0.5) is 0 Å². The molecule has 0 atom stereocenters. The van der Waals surface area contributed by atoms with Crippen LogP contribution in [0.3, 0.4) is 0 Å². The monoisotopic (exact) mass is 263 g/mol. The molecule has 0 spiro atoms. The molecule has 1 saturated carbocycles. The fourth-order valence-corrected chi connectivity index (χ4v) is 1.79. The summed E-state index contributed by atoms with van der Waals surface area (Å²) in [5, 5.41) is 11.4. The molecule has 0 unspecified atom stereocenters. The summed E-state index contributed by atoms with van der Waals surface area (Å²) in [5.74, 6) is -0.778. The number of carbonyl (C=O) groups is 2. The molecule has 5 heteroatoms. The van der Waals surface area contributed by atoms with Gasteiger partial charge in [-0.15, -0.1) is 0 Å². The SMILES string of the molecule is CCc1ccc(OCC(=O)NC2(C(=O)O)CC2)cc1. The lowest BCUT2D eigenvalue weighted by molar-refractivity contribution is -0.143. The number of aliphatic carboxylic acids is 1. The summed E-state index contributed by atoms with van der Waals surface area (Å²) >= 11 is 0. The average Bonchev–Trinajstić information content (AvgIpc) is 3.18. The Hall–Kier alpha value is -2.04. The summed E-state index contributed by atoms with van der Waals surface area (Å²) in [6.07, 6.45) is 1.92. The van der Waals surface area contributed by atoms with Crippen LogP contribution in [-0.4, -0.2) is 29.1 Å². The number of aryl methyl sites for hydroxylation is 1. The van der Waals surface area contributed by atoms with Crippen LogP contribution in [0.5, 0.6) is 5.75 Å². The van der Waals surface area contributed by atoms with Gasteiger partial charge in [0, 0.05) is 0 Å². The normalized spacial score (nSPS) is 15.6. The number of carboxylic acids is 1. The molecule has 1 aliphatic rings. The van der Waals surface area contributed by atoms with Crippen molar-refractivity contribution >= 4 is 11.9 Å². The van der Waals surface area contributed by atoms with Crippen LogP contribution in [0.25, 0.3) is 0 Å². The molecule has 0 heterocycles. The van der Waals surface area contributed by atoms with E-state index < -0.39 is 17.4 Å². The molecule has 2 rings (SSSR count). The molecule has 5 nitrogen and oxygen atoms in total. The number of carbonyl (C=O) groups excluding carboxylic acids is 1. The molecule has 0 bridgehead atoms. The quantitative estimate of drug-likeness (QED) is 0.812. The zero-order chi connectivity index (χ0) is 13.9. The van der Waals surface area contributed by atoms with Crippen molar-refractivity contribution in [3.8, 4) is 5.75 Å². The lowest BCUT2D eigenvalue weighted by Crippen LogP contribution is -2.45. The summed E-state index contributed by atoms with van der Waals surface area (Å²) in [5.41, 5.74) is 0.145. The van der Waals surface area contributed by atoms with Gasteiger partial charge in [-0.05, 0) is 37.0 Å². The molecule has 0 aliphatic heterocycles. The molecular formula is C14H17NO4. The number of nitrogens with one attached hydrogen (secondary N) is 1. The summed E-state index contributed by atoms with van der Waals surface area (Å²) in [6.45, 7) is 1.89. The minimum Gasteiger partial charge on any atom is -0.484 e. The van der Waals surface area contributed by atoms with E-state index in [-0.39, 0.29) is 6.61 Å². The van der Waals surface area contributed by atoms with Crippen molar-refractivity contribution in [3.63, 3.8) is 0 Å². The number of hydrogen-bond donors (Lipinski definition) is 2. The van der Waals surface area contributed by atoms with Crippen LogP contribution in [0.1, 0.15) is 25.3 Å². The highest BCUT2D eigenvalue weighted by atomic mass is 16.5. The first-order chi connectivity index (χ1) is 9.05. The zero-order valence-electron chi connectivity index (χ0n) is 10.8. The molecule has 102 valence electrons. The standard InChI is InChI=1S/C14H17NO4/c1-2-10-3-5-11(6-4-10)19-9-12(16)15-14(7-8-14)13(17)18/h3-6H,2,7-9H2,1H3,(H,15,16)(H,17,18). The Morgan fingerprint density at radius 3 is 2.42 bits per heavy atom. The van der Waals surface area contributed by atoms with Crippen LogP contribution in [-0.2, 0) is 16.0 Å². The van der Waals surface area contributed by atoms with Crippen LogP contribution < -0.4 is 10.1 Å². The van der Waals surface area contributed by atoms with Crippen molar-refractivity contribution in [1.29, 1.82) is 0 Å². The maximum atomic E-state index is 11.6. The first kappa shape index (κ1) is 13.4. The minimum atomic E-state index is -1.05. The van der Waals surface area contributed by atoms with E-state index in [1.54, 1.807) is 12.1 Å². The minimum absolute atomic E-state index is 0.166. The third kappa shape index (κ3) is 3.24. The first-order valence-corrected chi connectivity index (χ1v) is 6.32. The lowest BCUT2D eigenvalue weighted by Gasteiger charge is -2.13. The predicted molar refractivity (Wildman–Crippen MR) is 69.1 cm³/mol. The maximum Gasteiger partial charge on any atom is 0.329 e. The Morgan fingerprint density at radius 1 is 1.32 bits per heavy atom. The van der Waals surface area contributed by atoms with Gasteiger partial charge in [0.25, 0.3) is 5.91 Å². The van der Waals surface area contributed by atoms with Crippen molar-refractivity contribution in [2.75, 3.05) is 6.61 Å². The Morgan fingerprint density at radius 2 is 1.95 bits per heavy atom. The number of rotatable bonds is 6. The second-order valence-corrected chi connectivity index (χ2v) is 4.72. The van der Waals surface area contributed by atoms with E-state index in [9.17, 15) is 9.59 Å². The van der Waals surface area contributed by atoms with Crippen LogP contribution in [0, 0.1) is 0 Å². The van der Waals surface area contributed by atoms with E-state index in [0.717, 1.165) is 6.42 Å². The van der Waals surface area contributed by atoms with Crippen molar-refractivity contribution < 1.29 is 19.4 Å². The van der Waals surface area contributed by atoms with Crippen molar-refractivity contribution in [2.45, 2.75) is 31.7 Å². The van der Waals surface area contributed by atoms with E-state index in [0.29, 0.717) is 18.6 Å². The summed E-state index contributed by atoms with van der Waals surface area (Å²) < 4.78 is 5.32. The molecule has 1 aliphatic carbocycles. The second kappa shape index (κ2) is 5.30. The largest absolute Gasteiger partial charge is 0.484 e. The molecular weight excluding hydrogens is 246 g/mol. The van der Waals surface area contributed by atoms with E-state index in [2.05, 4.69) is 12.2 Å². The third-order valence-electron chi connectivity index (χ3n) is 3.24. The summed E-state index contributed by atoms with van der Waals surface area (Å²) in [6, 6.07) is 7.48. The molecule has 1 aromatic carbocycles. The molecule has 1 aromatic rings. The average molecular weight is 263 g/mol. The molecule has 0 aromatic heterocycles. The topological polar surface area (TPSA) is 75.6 Å². The highest BCUT2D eigenvalue weighted by Crippen LogP contribution is 2.35. The van der Waals surface area contributed by atoms with Gasteiger partial charge >= 0.3 is 5.97 Å². The Bertz CT molecular complexity index is 477. The lowest BCUT2D eigenvalue weighted by atomic mass is 10.2. The molecule has 1 fully saturated rings. The zero-order valence-corrected chi connectivity index (χ0v) is 10.8. The van der Waals surface area contributed by atoms with Crippen molar-refractivity contribution in [1.82, 2.24) is 5.32 Å².